The lowest BCUT2D eigenvalue weighted by molar-refractivity contribution is 0.771. The van der Waals surface area contributed by atoms with Crippen LogP contribution in [0.1, 0.15) is 22.3 Å². The number of anilines is 3. The molecule has 2 nitrogen and oxygen atoms in total. The van der Waals surface area contributed by atoms with Crippen molar-refractivity contribution in [2.45, 2.75) is 25.1 Å². The Bertz CT molecular complexity index is 3470. The maximum absolute atomic E-state index is 2.50. The predicted octanol–water partition coefficient (Wildman–Crippen LogP) is 15.5. The van der Waals surface area contributed by atoms with Gasteiger partial charge in [-0.25, -0.2) is 0 Å². The number of nitrogens with zero attached hydrogens (tertiary/aromatic N) is 2. The molecule has 0 aliphatic heterocycles. The first-order chi connectivity index (χ1) is 30.9. The molecule has 1 aliphatic rings. The smallest absolute Gasteiger partial charge is 0.0775 e. The molecular formula is C60H46N2Si. The molecule has 1 heterocycles. The van der Waals surface area contributed by atoms with Crippen molar-refractivity contribution < 1.29 is 0 Å². The minimum absolute atomic E-state index is 0.523. The number of fused-ring (bicyclic) bond motifs is 3. The molecule has 300 valence electrons. The van der Waals surface area contributed by atoms with Gasteiger partial charge in [0.15, 0.2) is 0 Å². The molecule has 0 radical (unpaired) electrons. The Hall–Kier alpha value is -7.46. The average Bonchev–Trinajstić information content (AvgIpc) is 3.83. The maximum atomic E-state index is 2.50. The number of aromatic nitrogens is 1. The van der Waals surface area contributed by atoms with Crippen LogP contribution in [0.5, 0.6) is 0 Å². The van der Waals surface area contributed by atoms with Gasteiger partial charge in [-0.1, -0.05) is 189 Å². The minimum atomic E-state index is -1.41. The Morgan fingerprint density at radius 1 is 0.397 bits per heavy atom. The molecule has 0 saturated carbocycles. The second-order valence-corrected chi connectivity index (χ2v) is 23.2. The fraction of sp³-hybridized carbons (Fsp3) is 0.0667. The van der Waals surface area contributed by atoms with Crippen molar-refractivity contribution in [3.63, 3.8) is 0 Å². The molecule has 0 N–H and O–H groups in total. The summed E-state index contributed by atoms with van der Waals surface area (Å²) in [6.07, 6.45) is 0. The Morgan fingerprint density at radius 2 is 0.968 bits per heavy atom. The van der Waals surface area contributed by atoms with E-state index >= 15 is 0 Å². The number of rotatable bonds is 8. The molecule has 12 rings (SSSR count). The molecule has 1 aromatic heterocycles. The monoisotopic (exact) mass is 822 g/mol. The highest BCUT2D eigenvalue weighted by Gasteiger charge is 2.45. The van der Waals surface area contributed by atoms with Crippen LogP contribution >= 0.6 is 0 Å². The van der Waals surface area contributed by atoms with Crippen LogP contribution in [-0.2, 0) is 5.41 Å². The molecular weight excluding hydrogens is 777 g/mol. The fourth-order valence-electron chi connectivity index (χ4n) is 10.6. The van der Waals surface area contributed by atoms with Gasteiger partial charge >= 0.3 is 0 Å². The molecule has 0 saturated heterocycles. The Kier molecular flexibility index (Phi) is 8.47. The average molecular weight is 823 g/mol. The minimum Gasteiger partial charge on any atom is -0.310 e. The lowest BCUT2D eigenvalue weighted by Gasteiger charge is -2.35. The third-order valence-electron chi connectivity index (χ3n) is 13.6. The molecule has 0 bridgehead atoms. The first-order valence-corrected chi connectivity index (χ1v) is 25.6. The van der Waals surface area contributed by atoms with E-state index in [0.717, 1.165) is 22.7 Å². The van der Waals surface area contributed by atoms with E-state index in [1.165, 1.54) is 81.9 Å². The highest BCUT2D eigenvalue weighted by atomic mass is 28.3. The molecule has 10 aromatic carbocycles. The first kappa shape index (κ1) is 37.3. The van der Waals surface area contributed by atoms with Crippen molar-refractivity contribution in [1.29, 1.82) is 0 Å². The lowest BCUT2D eigenvalue weighted by atomic mass is 9.67. The third-order valence-corrected chi connectivity index (χ3v) is 15.6. The van der Waals surface area contributed by atoms with E-state index < -0.39 is 13.5 Å². The molecule has 0 fully saturated rings. The summed E-state index contributed by atoms with van der Waals surface area (Å²) in [4.78, 5) is 2.48. The topological polar surface area (TPSA) is 8.17 Å². The Balaban J connectivity index is 1.12. The van der Waals surface area contributed by atoms with Gasteiger partial charge in [-0.05, 0) is 116 Å². The summed E-state index contributed by atoms with van der Waals surface area (Å²) in [6, 6.07) is 83.8. The van der Waals surface area contributed by atoms with E-state index in [1.54, 1.807) is 0 Å². The Labute approximate surface area is 370 Å². The van der Waals surface area contributed by atoms with Crippen molar-refractivity contribution in [2.75, 3.05) is 4.90 Å². The summed E-state index contributed by atoms with van der Waals surface area (Å²) in [5.74, 6) is 0. The van der Waals surface area contributed by atoms with Gasteiger partial charge in [0.2, 0.25) is 0 Å². The number of para-hydroxylation sites is 2. The summed E-state index contributed by atoms with van der Waals surface area (Å²) in [7, 11) is -1.41. The van der Waals surface area contributed by atoms with E-state index in [2.05, 4.69) is 254 Å². The predicted molar refractivity (Wildman–Crippen MR) is 271 cm³/mol. The summed E-state index contributed by atoms with van der Waals surface area (Å²) in [5.41, 5.74) is 14.0. The molecule has 0 atom stereocenters. The van der Waals surface area contributed by atoms with Crippen LogP contribution < -0.4 is 10.1 Å². The second-order valence-electron chi connectivity index (χ2n) is 18.1. The van der Waals surface area contributed by atoms with Crippen molar-refractivity contribution in [3.8, 4) is 16.8 Å². The highest BCUT2D eigenvalue weighted by Crippen LogP contribution is 2.57. The van der Waals surface area contributed by atoms with Crippen LogP contribution in [-0.4, -0.2) is 12.6 Å². The zero-order chi connectivity index (χ0) is 42.3. The van der Waals surface area contributed by atoms with Crippen LogP contribution in [0.15, 0.2) is 224 Å². The number of hydrogen-bond acceptors (Lipinski definition) is 1. The SMILES string of the molecule is C[Si](C)(C)c1ccc(-c2ccc(N(c3cc4c5c(ccc6cccc(c65)C4(c4ccccc4)c4ccccc4)c3)c3ccc4c(c3)c3ccccc3n4-c3ccccc3)cc2)cc1. The van der Waals surface area contributed by atoms with E-state index in [-0.39, 0.29) is 0 Å². The van der Waals surface area contributed by atoms with E-state index in [4.69, 9.17) is 0 Å². The number of benzene rings is 10. The summed E-state index contributed by atoms with van der Waals surface area (Å²) < 4.78 is 2.40. The highest BCUT2D eigenvalue weighted by molar-refractivity contribution is 6.88. The van der Waals surface area contributed by atoms with Crippen LogP contribution in [0.3, 0.4) is 0 Å². The zero-order valence-electron chi connectivity index (χ0n) is 35.8. The first-order valence-electron chi connectivity index (χ1n) is 22.1. The lowest BCUT2D eigenvalue weighted by Crippen LogP contribution is -2.37. The molecule has 0 amide bonds. The zero-order valence-corrected chi connectivity index (χ0v) is 36.8. The molecule has 11 aromatic rings. The van der Waals surface area contributed by atoms with Crippen LogP contribution in [0.25, 0.3) is 60.2 Å². The molecule has 0 unspecified atom stereocenters. The molecule has 1 aliphatic carbocycles. The van der Waals surface area contributed by atoms with E-state index in [1.807, 2.05) is 0 Å². The van der Waals surface area contributed by atoms with Gasteiger partial charge in [0.05, 0.1) is 24.5 Å². The van der Waals surface area contributed by atoms with Crippen LogP contribution in [0.2, 0.25) is 19.6 Å². The summed E-state index contributed by atoms with van der Waals surface area (Å²) >= 11 is 0. The van der Waals surface area contributed by atoms with Gasteiger partial charge in [-0.3, -0.25) is 0 Å². The van der Waals surface area contributed by atoms with E-state index in [9.17, 15) is 0 Å². The largest absolute Gasteiger partial charge is 0.310 e. The van der Waals surface area contributed by atoms with Gasteiger partial charge < -0.3 is 9.47 Å². The molecule has 3 heteroatoms. The molecule has 63 heavy (non-hydrogen) atoms. The fourth-order valence-corrected chi connectivity index (χ4v) is 11.8. The van der Waals surface area contributed by atoms with Gasteiger partial charge in [-0.2, -0.15) is 0 Å². The third kappa shape index (κ3) is 5.77. The maximum Gasteiger partial charge on any atom is 0.0775 e. The van der Waals surface area contributed by atoms with Gasteiger partial charge in [0.1, 0.15) is 0 Å². The quantitative estimate of drug-likeness (QED) is 0.109. The van der Waals surface area contributed by atoms with Crippen molar-refractivity contribution in [3.05, 3.63) is 247 Å². The summed E-state index contributed by atoms with van der Waals surface area (Å²) in [6.45, 7) is 7.23. The summed E-state index contributed by atoms with van der Waals surface area (Å²) in [5, 5.41) is 9.11. The van der Waals surface area contributed by atoms with Gasteiger partial charge in [0.25, 0.3) is 0 Å². The normalized spacial score (nSPS) is 13.1. The van der Waals surface area contributed by atoms with Gasteiger partial charge in [-0.15, -0.1) is 0 Å². The van der Waals surface area contributed by atoms with Crippen molar-refractivity contribution >= 4 is 73.7 Å². The van der Waals surface area contributed by atoms with Crippen LogP contribution in [0.4, 0.5) is 17.1 Å². The van der Waals surface area contributed by atoms with Crippen molar-refractivity contribution in [2.24, 2.45) is 0 Å². The van der Waals surface area contributed by atoms with Crippen LogP contribution in [0, 0.1) is 0 Å². The van der Waals surface area contributed by atoms with E-state index in [0.29, 0.717) is 0 Å². The number of hydrogen-bond donors (Lipinski definition) is 0. The second kappa shape index (κ2) is 14.3. The van der Waals surface area contributed by atoms with Crippen molar-refractivity contribution in [1.82, 2.24) is 4.57 Å². The standard InChI is InChI=1S/C60H46N2Si/c1-63(2,3)51-35-30-42(31-36-51)41-28-32-48(33-29-41)61(49-34-37-57-53(39-49)52-23-13-14-25-56(52)62(57)47-21-11-6-12-22-47)50-38-44-27-26-43-16-15-24-54-58(43)59(44)55(40-50)60(54,45-17-7-4-8-18-45)46-19-9-5-10-20-46/h4-40H,1-3H3. The molecule has 0 spiro atoms. The Morgan fingerprint density at radius 3 is 1.65 bits per heavy atom. The van der Waals surface area contributed by atoms with Gasteiger partial charge in [0, 0.05) is 33.5 Å².